The van der Waals surface area contributed by atoms with Crippen molar-refractivity contribution >= 4 is 11.3 Å². The Morgan fingerprint density at radius 1 is 1.40 bits per heavy atom. The van der Waals surface area contributed by atoms with Crippen molar-refractivity contribution in [2.75, 3.05) is 0 Å². The zero-order valence-corrected chi connectivity index (χ0v) is 5.70. The average molecular weight is 138 g/mol. The second-order valence-corrected chi connectivity index (χ2v) is 2.13. The fraction of sp³-hybridized carbons (Fsp3) is 0.400. The molecule has 5 nitrogen and oxygen atoms in total. The lowest BCUT2D eigenvalue weighted by Crippen LogP contribution is -1.90. The van der Waals surface area contributed by atoms with Gasteiger partial charge in [0.15, 0.2) is 0 Å². The van der Waals surface area contributed by atoms with E-state index in [1.807, 2.05) is 18.5 Å². The predicted molar refractivity (Wildman–Crippen MR) is 33.3 cm³/mol. The van der Waals surface area contributed by atoms with Gasteiger partial charge in [0.1, 0.15) is 5.82 Å². The van der Waals surface area contributed by atoms with Gasteiger partial charge >= 0.3 is 0 Å². The molecule has 2 rings (SSSR count). The van der Waals surface area contributed by atoms with Gasteiger partial charge < -0.3 is 4.57 Å². The molecule has 0 radical (unpaired) electrons. The van der Waals surface area contributed by atoms with E-state index in [0.717, 1.165) is 5.82 Å². The highest BCUT2D eigenvalue weighted by atomic mass is 16.6. The Kier molecular flexibility index (Phi) is 0.841. The first-order valence-electron chi connectivity index (χ1n) is 2.90. The lowest BCUT2D eigenvalue weighted by Gasteiger charge is -1.88. The van der Waals surface area contributed by atoms with Crippen LogP contribution in [0.2, 0.25) is 0 Å². The maximum absolute atomic E-state index is 4.46. The molecule has 0 amide bonds. The standard InChI is InChI=1S/C5H6N4O/c1-3-6-4-5(9(3)2)8-10-7-4/h1-2H3. The second kappa shape index (κ2) is 1.56. The van der Waals surface area contributed by atoms with Crippen molar-refractivity contribution in [2.45, 2.75) is 6.92 Å². The van der Waals surface area contributed by atoms with E-state index in [2.05, 4.69) is 19.9 Å². The van der Waals surface area contributed by atoms with Crippen molar-refractivity contribution in [3.05, 3.63) is 5.82 Å². The van der Waals surface area contributed by atoms with E-state index in [-0.39, 0.29) is 0 Å². The van der Waals surface area contributed by atoms with E-state index < -0.39 is 0 Å². The van der Waals surface area contributed by atoms with Crippen LogP contribution in [0, 0.1) is 6.92 Å². The molecule has 0 fully saturated rings. The van der Waals surface area contributed by atoms with E-state index in [4.69, 9.17) is 0 Å². The van der Waals surface area contributed by atoms with Crippen LogP contribution in [0.25, 0.3) is 11.3 Å². The summed E-state index contributed by atoms with van der Waals surface area (Å²) in [4.78, 5) is 4.07. The predicted octanol–water partition coefficient (Wildman–Crippen LogP) is 0.265. The largest absolute Gasteiger partial charge is 0.312 e. The first-order valence-corrected chi connectivity index (χ1v) is 2.90. The van der Waals surface area contributed by atoms with Crippen LogP contribution in [0.4, 0.5) is 0 Å². The Balaban J connectivity index is 2.95. The maximum atomic E-state index is 4.46. The van der Waals surface area contributed by atoms with Gasteiger partial charge in [-0.1, -0.05) is 0 Å². The first kappa shape index (κ1) is 5.40. The van der Waals surface area contributed by atoms with Crippen LogP contribution in [0.5, 0.6) is 0 Å². The fourth-order valence-corrected chi connectivity index (χ4v) is 0.843. The summed E-state index contributed by atoms with van der Waals surface area (Å²) in [5, 5.41) is 7.24. The van der Waals surface area contributed by atoms with Crippen LogP contribution in [-0.2, 0) is 7.05 Å². The van der Waals surface area contributed by atoms with Gasteiger partial charge in [-0.2, -0.15) is 0 Å². The maximum Gasteiger partial charge on any atom is 0.243 e. The molecule has 0 aliphatic rings. The number of rotatable bonds is 0. The molecular weight excluding hydrogens is 132 g/mol. The van der Waals surface area contributed by atoms with Crippen molar-refractivity contribution in [2.24, 2.45) is 7.05 Å². The molecule has 0 atom stereocenters. The van der Waals surface area contributed by atoms with Crippen molar-refractivity contribution in [3.8, 4) is 0 Å². The molecule has 0 saturated carbocycles. The highest BCUT2D eigenvalue weighted by Crippen LogP contribution is 2.07. The minimum Gasteiger partial charge on any atom is -0.312 e. The van der Waals surface area contributed by atoms with E-state index in [0.29, 0.717) is 11.3 Å². The van der Waals surface area contributed by atoms with Gasteiger partial charge in [0.25, 0.3) is 0 Å². The number of aryl methyl sites for hydroxylation is 2. The van der Waals surface area contributed by atoms with Gasteiger partial charge in [0, 0.05) is 7.05 Å². The third kappa shape index (κ3) is 0.490. The van der Waals surface area contributed by atoms with Crippen molar-refractivity contribution < 1.29 is 4.63 Å². The Labute approximate surface area is 56.6 Å². The number of hydrogen-bond acceptors (Lipinski definition) is 4. The average Bonchev–Trinajstić information content (AvgIpc) is 2.41. The van der Waals surface area contributed by atoms with Gasteiger partial charge in [-0.15, -0.1) is 0 Å². The summed E-state index contributed by atoms with van der Waals surface area (Å²) in [6.45, 7) is 1.89. The SMILES string of the molecule is Cc1nc2nonc2n1C. The molecule has 10 heavy (non-hydrogen) atoms. The number of imidazole rings is 1. The molecule has 52 valence electrons. The van der Waals surface area contributed by atoms with Crippen LogP contribution in [0.1, 0.15) is 5.82 Å². The lowest BCUT2D eigenvalue weighted by atomic mass is 10.7. The van der Waals surface area contributed by atoms with Gasteiger partial charge in [0.2, 0.25) is 11.3 Å². The normalized spacial score (nSPS) is 11.0. The van der Waals surface area contributed by atoms with Crippen LogP contribution in [-0.4, -0.2) is 19.9 Å². The molecule has 0 aliphatic carbocycles. The van der Waals surface area contributed by atoms with Crippen molar-refractivity contribution in [1.29, 1.82) is 0 Å². The molecule has 0 spiro atoms. The molecule has 0 N–H and O–H groups in total. The molecule has 2 heterocycles. The first-order chi connectivity index (χ1) is 4.79. The molecule has 0 bridgehead atoms. The number of nitrogens with zero attached hydrogens (tertiary/aromatic N) is 4. The number of hydrogen-bond donors (Lipinski definition) is 0. The third-order valence-electron chi connectivity index (χ3n) is 1.53. The molecule has 0 unspecified atom stereocenters. The molecule has 2 aromatic rings. The van der Waals surface area contributed by atoms with Gasteiger partial charge in [-0.3, -0.25) is 0 Å². The zero-order chi connectivity index (χ0) is 7.14. The van der Waals surface area contributed by atoms with E-state index in [1.54, 1.807) is 0 Å². The monoisotopic (exact) mass is 138 g/mol. The number of fused-ring (bicyclic) bond motifs is 1. The minimum atomic E-state index is 0.569. The van der Waals surface area contributed by atoms with Crippen LogP contribution in [0.15, 0.2) is 4.63 Å². The van der Waals surface area contributed by atoms with Gasteiger partial charge in [-0.25, -0.2) is 9.61 Å². The zero-order valence-electron chi connectivity index (χ0n) is 5.70. The Morgan fingerprint density at radius 2 is 2.20 bits per heavy atom. The third-order valence-corrected chi connectivity index (χ3v) is 1.53. The van der Waals surface area contributed by atoms with Crippen LogP contribution in [0.3, 0.4) is 0 Å². The van der Waals surface area contributed by atoms with Gasteiger partial charge in [0.05, 0.1) is 0 Å². The highest BCUT2D eigenvalue weighted by Gasteiger charge is 2.07. The summed E-state index contributed by atoms with van der Waals surface area (Å²) in [6, 6.07) is 0. The second-order valence-electron chi connectivity index (χ2n) is 2.13. The molecule has 2 aromatic heterocycles. The smallest absolute Gasteiger partial charge is 0.243 e. The molecule has 0 aromatic carbocycles. The Bertz CT molecular complexity index is 360. The fourth-order valence-electron chi connectivity index (χ4n) is 0.843. The summed E-state index contributed by atoms with van der Waals surface area (Å²) in [5.41, 5.74) is 1.26. The number of aromatic nitrogens is 4. The summed E-state index contributed by atoms with van der Waals surface area (Å²) < 4.78 is 6.28. The summed E-state index contributed by atoms with van der Waals surface area (Å²) in [5.74, 6) is 0.890. The summed E-state index contributed by atoms with van der Waals surface area (Å²) >= 11 is 0. The van der Waals surface area contributed by atoms with Crippen molar-refractivity contribution in [1.82, 2.24) is 19.9 Å². The molecule has 0 aliphatic heterocycles. The topological polar surface area (TPSA) is 56.7 Å². The van der Waals surface area contributed by atoms with Crippen LogP contribution < -0.4 is 0 Å². The lowest BCUT2D eigenvalue weighted by molar-refractivity contribution is 0.312. The van der Waals surface area contributed by atoms with E-state index in [1.165, 1.54) is 0 Å². The highest BCUT2D eigenvalue weighted by molar-refractivity contribution is 5.64. The van der Waals surface area contributed by atoms with Gasteiger partial charge in [-0.05, 0) is 17.2 Å². The van der Waals surface area contributed by atoms with Crippen LogP contribution >= 0.6 is 0 Å². The minimum absolute atomic E-state index is 0.569. The van der Waals surface area contributed by atoms with Crippen molar-refractivity contribution in [3.63, 3.8) is 0 Å². The van der Waals surface area contributed by atoms with E-state index in [9.17, 15) is 0 Å². The summed E-state index contributed by atoms with van der Waals surface area (Å²) in [6.07, 6.45) is 0. The van der Waals surface area contributed by atoms with E-state index >= 15 is 0 Å². The molecule has 5 heteroatoms. The summed E-state index contributed by atoms with van der Waals surface area (Å²) in [7, 11) is 1.87. The molecular formula is C5H6N4O. The Hall–Kier alpha value is -1.39. The Morgan fingerprint density at radius 3 is 2.90 bits per heavy atom. The quantitative estimate of drug-likeness (QED) is 0.524. The molecule has 0 saturated heterocycles.